The normalized spacial score (nSPS) is 14.1. The van der Waals surface area contributed by atoms with Crippen molar-refractivity contribution < 1.29 is 4.79 Å². The highest BCUT2D eigenvalue weighted by Crippen LogP contribution is 2.14. The quantitative estimate of drug-likeness (QED) is 0.709. The second-order valence-electron chi connectivity index (χ2n) is 6.72. The van der Waals surface area contributed by atoms with Crippen LogP contribution in [0.4, 0.5) is 0 Å². The second-order valence-corrected chi connectivity index (χ2v) is 7.63. The molecule has 0 spiro atoms. The number of nitrogens with zero attached hydrogens (tertiary/aromatic N) is 5. The Bertz CT molecular complexity index is 1110. The first kappa shape index (κ1) is 17.7. The molecule has 9 nitrogen and oxygen atoms in total. The molecule has 3 aromatic rings. The Hall–Kier alpha value is -2.75. The maximum Gasteiger partial charge on any atom is 0.346 e. The molecule has 0 fully saturated rings. The number of hydrogen-bond acceptors (Lipinski definition) is 6. The zero-order chi connectivity index (χ0) is 19.0. The number of fused-ring (bicyclic) bond motifs is 2. The summed E-state index contributed by atoms with van der Waals surface area (Å²) in [5.74, 6) is 0.898. The lowest BCUT2D eigenvalue weighted by Crippen LogP contribution is -2.35. The van der Waals surface area contributed by atoms with Crippen LogP contribution in [0.3, 0.4) is 0 Å². The Morgan fingerprint density at radius 1 is 1.33 bits per heavy atom. The fourth-order valence-corrected chi connectivity index (χ4v) is 4.01. The highest BCUT2D eigenvalue weighted by Gasteiger charge is 2.19. The molecule has 0 radical (unpaired) electrons. The number of nitrogens with one attached hydrogen (secondary N) is 1. The molecular formula is C17H20N6O3S. The van der Waals surface area contributed by atoms with Gasteiger partial charge in [0.25, 0.3) is 5.56 Å². The average Bonchev–Trinajstić information content (AvgIpc) is 3.13. The van der Waals surface area contributed by atoms with Crippen LogP contribution >= 0.6 is 11.3 Å². The predicted molar refractivity (Wildman–Crippen MR) is 101 cm³/mol. The molecule has 4 heterocycles. The first-order valence-corrected chi connectivity index (χ1v) is 9.78. The van der Waals surface area contributed by atoms with Gasteiger partial charge >= 0.3 is 5.69 Å². The van der Waals surface area contributed by atoms with Crippen molar-refractivity contribution in [1.29, 1.82) is 0 Å². The molecule has 1 amide bonds. The molecule has 142 valence electrons. The summed E-state index contributed by atoms with van der Waals surface area (Å²) < 4.78 is 3.47. The molecule has 3 aromatic heterocycles. The molecule has 0 aliphatic carbocycles. The van der Waals surface area contributed by atoms with E-state index in [2.05, 4.69) is 15.1 Å². The van der Waals surface area contributed by atoms with E-state index in [-0.39, 0.29) is 30.2 Å². The fraction of sp³-hybridized carbons (Fsp3) is 0.471. The largest absolute Gasteiger partial charge is 0.346 e. The number of amides is 1. The average molecular weight is 388 g/mol. The molecule has 1 aliphatic heterocycles. The molecule has 0 unspecified atom stereocenters. The molecule has 0 atom stereocenters. The number of H-pyrrole nitrogens is 1. The minimum absolute atomic E-state index is 0.125. The predicted octanol–water partition coefficient (Wildman–Crippen LogP) is 0.728. The highest BCUT2D eigenvalue weighted by molar-refractivity contribution is 7.17. The molecule has 27 heavy (non-hydrogen) atoms. The number of aryl methyl sites for hydroxylation is 1. The third kappa shape index (κ3) is 3.44. The van der Waals surface area contributed by atoms with E-state index in [1.165, 1.54) is 20.9 Å². The summed E-state index contributed by atoms with van der Waals surface area (Å²) in [6, 6.07) is 1.78. The van der Waals surface area contributed by atoms with E-state index in [1.54, 1.807) is 23.1 Å². The fourth-order valence-electron chi connectivity index (χ4n) is 3.29. The van der Waals surface area contributed by atoms with Crippen LogP contribution < -0.4 is 11.2 Å². The van der Waals surface area contributed by atoms with Gasteiger partial charge in [-0.2, -0.15) is 5.10 Å². The van der Waals surface area contributed by atoms with Gasteiger partial charge in [-0.05, 0) is 24.3 Å². The summed E-state index contributed by atoms with van der Waals surface area (Å²) in [7, 11) is 1.62. The van der Waals surface area contributed by atoms with E-state index in [4.69, 9.17) is 0 Å². The third-order valence-electron chi connectivity index (χ3n) is 4.74. The molecule has 0 saturated heterocycles. The van der Waals surface area contributed by atoms with Crippen molar-refractivity contribution in [2.75, 3.05) is 7.05 Å². The molecule has 0 aromatic carbocycles. The monoisotopic (exact) mass is 388 g/mol. The number of rotatable bonds is 4. The number of thiophene rings is 1. The summed E-state index contributed by atoms with van der Waals surface area (Å²) in [6.07, 6.45) is 3.81. The Labute approximate surface area is 158 Å². The number of aromatic amines is 1. The first-order valence-electron chi connectivity index (χ1n) is 8.90. The van der Waals surface area contributed by atoms with Crippen molar-refractivity contribution in [3.05, 3.63) is 43.9 Å². The van der Waals surface area contributed by atoms with Crippen LogP contribution in [-0.4, -0.2) is 42.2 Å². The van der Waals surface area contributed by atoms with Crippen LogP contribution in [0.1, 0.15) is 30.9 Å². The van der Waals surface area contributed by atoms with Gasteiger partial charge in [0.15, 0.2) is 0 Å². The molecule has 0 bridgehead atoms. The SMILES string of the molecule is CN(Cc1nc2ccsc2c(=O)[nH]1)C(=O)Cn1nc2n(c1=O)CCCCC2. The van der Waals surface area contributed by atoms with Gasteiger partial charge in [-0.15, -0.1) is 11.3 Å². The number of carbonyl (C=O) groups excluding carboxylic acids is 1. The topological polar surface area (TPSA) is 106 Å². The lowest BCUT2D eigenvalue weighted by atomic mass is 10.2. The molecular weight excluding hydrogens is 368 g/mol. The van der Waals surface area contributed by atoms with Crippen LogP contribution in [0.25, 0.3) is 10.2 Å². The van der Waals surface area contributed by atoms with Crippen molar-refractivity contribution in [2.24, 2.45) is 0 Å². The molecule has 10 heteroatoms. The second kappa shape index (κ2) is 7.10. The summed E-state index contributed by atoms with van der Waals surface area (Å²) >= 11 is 1.33. The van der Waals surface area contributed by atoms with E-state index in [9.17, 15) is 14.4 Å². The lowest BCUT2D eigenvalue weighted by Gasteiger charge is -2.16. The van der Waals surface area contributed by atoms with Gasteiger partial charge in [-0.25, -0.2) is 14.5 Å². The molecule has 4 rings (SSSR count). The first-order chi connectivity index (χ1) is 13.0. The summed E-state index contributed by atoms with van der Waals surface area (Å²) in [6.45, 7) is 0.687. The van der Waals surface area contributed by atoms with Crippen LogP contribution in [0.2, 0.25) is 0 Å². The number of carbonyl (C=O) groups is 1. The minimum Gasteiger partial charge on any atom is -0.337 e. The standard InChI is InChI=1S/C17H20N6O3S/c1-21(9-12-18-11-6-8-27-15(11)16(25)19-12)14(24)10-23-17(26)22-7-4-2-3-5-13(22)20-23/h6,8H,2-5,7,9-10H2,1H3,(H,18,19,25). The Balaban J connectivity index is 1.49. The highest BCUT2D eigenvalue weighted by atomic mass is 32.1. The smallest absolute Gasteiger partial charge is 0.337 e. The number of aromatic nitrogens is 5. The van der Waals surface area contributed by atoms with Gasteiger partial charge in [-0.1, -0.05) is 6.42 Å². The maximum absolute atomic E-state index is 12.5. The minimum atomic E-state index is -0.265. The van der Waals surface area contributed by atoms with Crippen LogP contribution in [0, 0.1) is 0 Å². The summed E-state index contributed by atoms with van der Waals surface area (Å²) in [5, 5.41) is 6.14. The van der Waals surface area contributed by atoms with E-state index in [0.29, 0.717) is 22.6 Å². The van der Waals surface area contributed by atoms with Crippen LogP contribution in [-0.2, 0) is 30.8 Å². The summed E-state index contributed by atoms with van der Waals surface area (Å²) in [5.41, 5.74) is 0.174. The van der Waals surface area contributed by atoms with Crippen molar-refractivity contribution in [1.82, 2.24) is 29.2 Å². The summed E-state index contributed by atoms with van der Waals surface area (Å²) in [4.78, 5) is 45.6. The van der Waals surface area contributed by atoms with Gasteiger partial charge in [0, 0.05) is 20.0 Å². The zero-order valence-electron chi connectivity index (χ0n) is 15.0. The van der Waals surface area contributed by atoms with Crippen molar-refractivity contribution in [3.8, 4) is 0 Å². The van der Waals surface area contributed by atoms with E-state index >= 15 is 0 Å². The number of hydrogen-bond donors (Lipinski definition) is 1. The van der Waals surface area contributed by atoms with Crippen molar-refractivity contribution >= 4 is 27.5 Å². The van der Waals surface area contributed by atoms with Crippen molar-refractivity contribution in [2.45, 2.75) is 45.3 Å². The van der Waals surface area contributed by atoms with Gasteiger partial charge in [0.1, 0.15) is 22.9 Å². The maximum atomic E-state index is 12.5. The van der Waals surface area contributed by atoms with Crippen molar-refractivity contribution in [3.63, 3.8) is 0 Å². The lowest BCUT2D eigenvalue weighted by molar-refractivity contribution is -0.131. The van der Waals surface area contributed by atoms with E-state index < -0.39 is 0 Å². The van der Waals surface area contributed by atoms with Gasteiger partial charge in [0.05, 0.1) is 12.1 Å². The van der Waals surface area contributed by atoms with E-state index in [0.717, 1.165) is 31.5 Å². The Morgan fingerprint density at radius 3 is 3.04 bits per heavy atom. The Kier molecular flexibility index (Phi) is 4.65. The molecule has 1 aliphatic rings. The van der Waals surface area contributed by atoms with Crippen LogP contribution in [0.5, 0.6) is 0 Å². The molecule has 1 N–H and O–H groups in total. The molecule has 0 saturated carbocycles. The Morgan fingerprint density at radius 2 is 2.19 bits per heavy atom. The van der Waals surface area contributed by atoms with Gasteiger partial charge in [-0.3, -0.25) is 14.2 Å². The number of likely N-dealkylation sites (N-methyl/N-ethyl adjacent to an activating group) is 1. The van der Waals surface area contributed by atoms with Crippen LogP contribution in [0.15, 0.2) is 21.0 Å². The zero-order valence-corrected chi connectivity index (χ0v) is 15.8. The van der Waals surface area contributed by atoms with Gasteiger partial charge in [0.2, 0.25) is 5.91 Å². The van der Waals surface area contributed by atoms with Gasteiger partial charge < -0.3 is 9.88 Å². The third-order valence-corrected chi connectivity index (χ3v) is 5.65. The van der Waals surface area contributed by atoms with E-state index in [1.807, 2.05) is 0 Å².